The van der Waals surface area contributed by atoms with E-state index in [4.69, 9.17) is 14.7 Å². The molecule has 1 aliphatic heterocycles. The summed E-state index contributed by atoms with van der Waals surface area (Å²) in [6.45, 7) is 9.11. The van der Waals surface area contributed by atoms with Gasteiger partial charge in [0.05, 0.1) is 5.03 Å². The number of anilines is 2. The summed E-state index contributed by atoms with van der Waals surface area (Å²) in [5.74, 6) is 2.56. The number of nitrogens with zero attached hydrogens (tertiary/aromatic N) is 3. The average Bonchev–Trinajstić information content (AvgIpc) is 3.21. The number of thioether (sulfide) groups is 1. The van der Waals surface area contributed by atoms with Crippen LogP contribution in [0.3, 0.4) is 0 Å². The number of hydrogen-bond donors (Lipinski definition) is 3. The third-order valence-electron chi connectivity index (χ3n) is 4.91. The molecule has 1 aliphatic rings. The van der Waals surface area contributed by atoms with Gasteiger partial charge < -0.3 is 19.7 Å². The van der Waals surface area contributed by atoms with Gasteiger partial charge in [0.2, 0.25) is 12.7 Å². The third kappa shape index (κ3) is 5.39. The number of rotatable bonds is 10. The van der Waals surface area contributed by atoms with Gasteiger partial charge in [0.25, 0.3) is 0 Å². The SMILES string of the molecule is C=C(Sc1cc2c(cc1C)OCO2)N(CCCCC(=O)NO)c1ncnc(NC)c1C. The first-order chi connectivity index (χ1) is 14.9. The minimum Gasteiger partial charge on any atom is -0.454 e. The fourth-order valence-corrected chi connectivity index (χ4v) is 4.17. The number of fused-ring (bicyclic) bond motifs is 1. The molecule has 3 N–H and O–H groups in total. The molecule has 0 saturated heterocycles. The molecule has 2 heterocycles. The molecule has 166 valence electrons. The van der Waals surface area contributed by atoms with Crippen LogP contribution in [-0.4, -0.2) is 41.5 Å². The second-order valence-corrected chi connectivity index (χ2v) is 8.15. The molecule has 3 rings (SSSR count). The summed E-state index contributed by atoms with van der Waals surface area (Å²) in [7, 11) is 1.82. The number of aryl methyl sites for hydroxylation is 1. The summed E-state index contributed by atoms with van der Waals surface area (Å²) >= 11 is 1.53. The number of hydroxylamine groups is 1. The van der Waals surface area contributed by atoms with Gasteiger partial charge in [-0.25, -0.2) is 15.4 Å². The third-order valence-corrected chi connectivity index (χ3v) is 6.02. The van der Waals surface area contributed by atoms with Crippen LogP contribution in [-0.2, 0) is 4.79 Å². The minimum atomic E-state index is -0.397. The molecule has 0 unspecified atom stereocenters. The molecule has 0 atom stereocenters. The molecule has 10 heteroatoms. The van der Waals surface area contributed by atoms with Crippen molar-refractivity contribution in [2.75, 3.05) is 30.6 Å². The van der Waals surface area contributed by atoms with E-state index in [-0.39, 0.29) is 13.2 Å². The highest BCUT2D eigenvalue weighted by Crippen LogP contribution is 2.41. The van der Waals surface area contributed by atoms with Gasteiger partial charge >= 0.3 is 0 Å². The second kappa shape index (κ2) is 10.4. The van der Waals surface area contributed by atoms with Crippen LogP contribution >= 0.6 is 11.8 Å². The number of nitrogens with one attached hydrogen (secondary N) is 2. The summed E-state index contributed by atoms with van der Waals surface area (Å²) in [6, 6.07) is 3.92. The lowest BCUT2D eigenvalue weighted by molar-refractivity contribution is -0.129. The molecule has 1 aromatic heterocycles. The van der Waals surface area contributed by atoms with Gasteiger partial charge in [0, 0.05) is 30.5 Å². The van der Waals surface area contributed by atoms with Crippen molar-refractivity contribution in [3.05, 3.63) is 41.2 Å². The van der Waals surface area contributed by atoms with Crippen molar-refractivity contribution in [3.8, 4) is 11.5 Å². The quantitative estimate of drug-likeness (QED) is 0.219. The van der Waals surface area contributed by atoms with E-state index in [1.807, 2.05) is 37.9 Å². The molecule has 0 radical (unpaired) electrons. The Morgan fingerprint density at radius 2 is 2.00 bits per heavy atom. The van der Waals surface area contributed by atoms with E-state index in [1.54, 1.807) is 5.48 Å². The van der Waals surface area contributed by atoms with Gasteiger partial charge in [-0.2, -0.15) is 0 Å². The van der Waals surface area contributed by atoms with Crippen molar-refractivity contribution in [2.24, 2.45) is 0 Å². The van der Waals surface area contributed by atoms with E-state index in [1.165, 1.54) is 18.1 Å². The first kappa shape index (κ1) is 22.7. The summed E-state index contributed by atoms with van der Waals surface area (Å²) in [6.07, 6.45) is 3.10. The van der Waals surface area contributed by atoms with Crippen molar-refractivity contribution in [2.45, 2.75) is 38.0 Å². The van der Waals surface area contributed by atoms with Crippen molar-refractivity contribution in [1.29, 1.82) is 0 Å². The molecule has 0 saturated carbocycles. The van der Waals surface area contributed by atoms with E-state index >= 15 is 0 Å². The van der Waals surface area contributed by atoms with Crippen LogP contribution in [0.2, 0.25) is 0 Å². The minimum absolute atomic E-state index is 0.226. The molecule has 0 spiro atoms. The smallest absolute Gasteiger partial charge is 0.243 e. The van der Waals surface area contributed by atoms with Crippen molar-refractivity contribution < 1.29 is 19.5 Å². The van der Waals surface area contributed by atoms with Crippen LogP contribution in [0.25, 0.3) is 0 Å². The maximum Gasteiger partial charge on any atom is 0.243 e. The zero-order valence-corrected chi connectivity index (χ0v) is 18.7. The van der Waals surface area contributed by atoms with E-state index in [9.17, 15) is 4.79 Å². The second-order valence-electron chi connectivity index (χ2n) is 7.03. The van der Waals surface area contributed by atoms with Gasteiger partial charge in [-0.05, 0) is 44.4 Å². The Hall–Kier alpha value is -2.98. The fourth-order valence-electron chi connectivity index (χ4n) is 3.24. The van der Waals surface area contributed by atoms with Crippen LogP contribution in [0.4, 0.5) is 11.6 Å². The van der Waals surface area contributed by atoms with Gasteiger partial charge in [-0.3, -0.25) is 10.0 Å². The molecule has 1 amide bonds. The summed E-state index contributed by atoms with van der Waals surface area (Å²) in [5, 5.41) is 12.6. The lowest BCUT2D eigenvalue weighted by Gasteiger charge is -2.27. The number of unbranched alkanes of at least 4 members (excludes halogenated alkanes) is 1. The number of carbonyl (C=O) groups excluding carboxylic acids is 1. The lowest BCUT2D eigenvalue weighted by atomic mass is 10.2. The molecule has 1 aromatic carbocycles. The van der Waals surface area contributed by atoms with E-state index in [0.717, 1.165) is 44.2 Å². The topological polar surface area (TPSA) is 109 Å². The Bertz CT molecular complexity index is 969. The monoisotopic (exact) mass is 445 g/mol. The van der Waals surface area contributed by atoms with Gasteiger partial charge in [-0.1, -0.05) is 18.3 Å². The van der Waals surface area contributed by atoms with Gasteiger partial charge in [-0.15, -0.1) is 0 Å². The molecule has 0 aliphatic carbocycles. The molecule has 31 heavy (non-hydrogen) atoms. The predicted octanol–water partition coefficient (Wildman–Crippen LogP) is 3.61. The number of carbonyl (C=O) groups is 1. The first-order valence-corrected chi connectivity index (χ1v) is 10.7. The van der Waals surface area contributed by atoms with E-state index in [0.29, 0.717) is 19.4 Å². The maximum absolute atomic E-state index is 11.3. The van der Waals surface area contributed by atoms with Crippen LogP contribution in [0, 0.1) is 13.8 Å². The summed E-state index contributed by atoms with van der Waals surface area (Å²) in [4.78, 5) is 23.1. The normalized spacial score (nSPS) is 11.9. The van der Waals surface area contributed by atoms with Crippen LogP contribution < -0.4 is 25.2 Å². The highest BCUT2D eigenvalue weighted by Gasteiger charge is 2.21. The van der Waals surface area contributed by atoms with Crippen molar-refractivity contribution in [3.63, 3.8) is 0 Å². The van der Waals surface area contributed by atoms with Gasteiger partial charge in [0.1, 0.15) is 18.0 Å². The Labute approximate surface area is 185 Å². The number of amides is 1. The Morgan fingerprint density at radius 1 is 1.26 bits per heavy atom. The van der Waals surface area contributed by atoms with Crippen LogP contribution in [0.1, 0.15) is 30.4 Å². The number of benzene rings is 1. The van der Waals surface area contributed by atoms with Crippen LogP contribution in [0.15, 0.2) is 35.0 Å². The van der Waals surface area contributed by atoms with Crippen LogP contribution in [0.5, 0.6) is 11.5 Å². The summed E-state index contributed by atoms with van der Waals surface area (Å²) < 4.78 is 11.0. The standard InChI is InChI=1S/C21H27N5O4S/c1-13-9-16-17(30-12-29-16)10-18(13)31-15(3)26(8-6-5-7-19(27)25-28)21-14(2)20(22-4)23-11-24-21/h9-11,28H,3,5-8,12H2,1-2,4H3,(H,25,27)(H,22,23,24). The Balaban J connectivity index is 1.81. The first-order valence-electron chi connectivity index (χ1n) is 9.91. The number of aromatic nitrogens is 2. The molecule has 9 nitrogen and oxygen atoms in total. The molecular formula is C21H27N5O4S. The summed E-state index contributed by atoms with van der Waals surface area (Å²) in [5.41, 5.74) is 3.63. The highest BCUT2D eigenvalue weighted by atomic mass is 32.2. The van der Waals surface area contributed by atoms with E-state index < -0.39 is 5.91 Å². The number of ether oxygens (including phenoxy) is 2. The Morgan fingerprint density at radius 3 is 2.71 bits per heavy atom. The molecule has 0 bridgehead atoms. The maximum atomic E-state index is 11.3. The van der Waals surface area contributed by atoms with Crippen molar-refractivity contribution in [1.82, 2.24) is 15.4 Å². The Kier molecular flexibility index (Phi) is 7.59. The largest absolute Gasteiger partial charge is 0.454 e. The predicted molar refractivity (Wildman–Crippen MR) is 120 cm³/mol. The lowest BCUT2D eigenvalue weighted by Crippen LogP contribution is -2.25. The fraction of sp³-hybridized carbons (Fsp3) is 0.381. The highest BCUT2D eigenvalue weighted by molar-refractivity contribution is 8.03. The molecule has 2 aromatic rings. The van der Waals surface area contributed by atoms with Crippen molar-refractivity contribution >= 4 is 29.3 Å². The average molecular weight is 446 g/mol. The zero-order chi connectivity index (χ0) is 22.4. The molecular weight excluding hydrogens is 418 g/mol. The zero-order valence-electron chi connectivity index (χ0n) is 17.9. The van der Waals surface area contributed by atoms with Gasteiger partial charge in [0.15, 0.2) is 11.5 Å². The molecule has 0 fully saturated rings. The number of hydrogen-bond acceptors (Lipinski definition) is 9. The van der Waals surface area contributed by atoms with E-state index in [2.05, 4.69) is 21.9 Å².